The quantitative estimate of drug-likeness (QED) is 0.703. The van der Waals surface area contributed by atoms with Crippen molar-refractivity contribution in [3.8, 4) is 11.6 Å². The van der Waals surface area contributed by atoms with Crippen LogP contribution in [0.4, 0.5) is 4.39 Å². The molecule has 0 aliphatic carbocycles. The molecular weight excluding hydrogens is 333 g/mol. The average molecular weight is 353 g/mol. The third kappa shape index (κ3) is 3.72. The average Bonchev–Trinajstić information content (AvgIpc) is 3.26. The fraction of sp³-hybridized carbons (Fsp3) is 0.316. The van der Waals surface area contributed by atoms with Gasteiger partial charge < -0.3 is 4.74 Å². The van der Waals surface area contributed by atoms with Gasteiger partial charge in [0.15, 0.2) is 0 Å². The first-order valence-electron chi connectivity index (χ1n) is 8.64. The van der Waals surface area contributed by atoms with Gasteiger partial charge in [-0.2, -0.15) is 5.10 Å². The molecule has 0 bridgehead atoms. The van der Waals surface area contributed by atoms with Crippen LogP contribution in [-0.4, -0.2) is 31.2 Å². The summed E-state index contributed by atoms with van der Waals surface area (Å²) in [6.45, 7) is 1.85. The van der Waals surface area contributed by atoms with Gasteiger partial charge in [-0.1, -0.05) is 0 Å². The molecule has 134 valence electrons. The Labute approximate surface area is 151 Å². The van der Waals surface area contributed by atoms with Gasteiger partial charge in [0.25, 0.3) is 0 Å². The van der Waals surface area contributed by atoms with Crippen molar-refractivity contribution in [3.05, 3.63) is 66.1 Å². The number of rotatable bonds is 5. The van der Waals surface area contributed by atoms with Crippen LogP contribution >= 0.6 is 0 Å². The molecule has 6 nitrogen and oxygen atoms in total. The zero-order chi connectivity index (χ0) is 17.9. The van der Waals surface area contributed by atoms with Crippen LogP contribution in [0.15, 0.2) is 49.1 Å². The molecule has 2 aromatic heterocycles. The fourth-order valence-corrected chi connectivity index (χ4v) is 3.33. The molecule has 1 aliphatic heterocycles. The van der Waals surface area contributed by atoms with Crippen LogP contribution in [0.2, 0.25) is 0 Å². The minimum Gasteiger partial charge on any atom is -0.437 e. The van der Waals surface area contributed by atoms with Crippen LogP contribution in [0, 0.1) is 5.82 Å². The van der Waals surface area contributed by atoms with E-state index >= 15 is 0 Å². The van der Waals surface area contributed by atoms with E-state index in [-0.39, 0.29) is 11.9 Å². The molecule has 1 fully saturated rings. The number of hydrogen-bond donors (Lipinski definition) is 0. The molecule has 0 amide bonds. The maximum Gasteiger partial charge on any atom is 0.238 e. The van der Waals surface area contributed by atoms with Gasteiger partial charge in [-0.05, 0) is 43.7 Å². The normalized spacial score (nSPS) is 17.5. The maximum atomic E-state index is 13.0. The van der Waals surface area contributed by atoms with Crippen LogP contribution in [0.25, 0.3) is 0 Å². The summed E-state index contributed by atoms with van der Waals surface area (Å²) in [5.41, 5.74) is 2.08. The Kier molecular flexibility index (Phi) is 4.62. The Morgan fingerprint density at radius 1 is 1.19 bits per heavy atom. The van der Waals surface area contributed by atoms with Crippen molar-refractivity contribution in [2.24, 2.45) is 7.05 Å². The Balaban J connectivity index is 1.50. The third-order valence-electron chi connectivity index (χ3n) is 4.52. The van der Waals surface area contributed by atoms with Crippen molar-refractivity contribution in [3.63, 3.8) is 0 Å². The van der Waals surface area contributed by atoms with Gasteiger partial charge in [-0.25, -0.2) is 9.37 Å². The number of hydrogen-bond acceptors (Lipinski definition) is 5. The summed E-state index contributed by atoms with van der Waals surface area (Å²) in [6.07, 6.45) is 9.46. The predicted molar refractivity (Wildman–Crippen MR) is 94.1 cm³/mol. The standard InChI is InChI=1S/C19H20FN5O/c1-24-12-14(9-22-24)13-25-8-2-3-18(25)17-10-21-11-19(23-17)26-16-6-4-15(20)5-7-16/h4-7,9-12,18H,2-3,8,13H2,1H3/t18-/m0/s1. The van der Waals surface area contributed by atoms with Gasteiger partial charge in [-0.3, -0.25) is 14.6 Å². The summed E-state index contributed by atoms with van der Waals surface area (Å²) in [4.78, 5) is 11.3. The van der Waals surface area contributed by atoms with Crippen molar-refractivity contribution in [1.29, 1.82) is 0 Å². The molecule has 3 heterocycles. The first-order chi connectivity index (χ1) is 12.7. The van der Waals surface area contributed by atoms with Gasteiger partial charge in [0.2, 0.25) is 5.88 Å². The van der Waals surface area contributed by atoms with Gasteiger partial charge in [0.05, 0.1) is 30.3 Å². The lowest BCUT2D eigenvalue weighted by molar-refractivity contribution is 0.242. The van der Waals surface area contributed by atoms with Crippen molar-refractivity contribution in [2.45, 2.75) is 25.4 Å². The van der Waals surface area contributed by atoms with Crippen molar-refractivity contribution in [2.75, 3.05) is 6.54 Å². The van der Waals surface area contributed by atoms with Crippen LogP contribution in [-0.2, 0) is 13.6 Å². The number of aromatic nitrogens is 4. The van der Waals surface area contributed by atoms with Crippen LogP contribution < -0.4 is 4.74 Å². The smallest absolute Gasteiger partial charge is 0.238 e. The zero-order valence-corrected chi connectivity index (χ0v) is 14.5. The fourth-order valence-electron chi connectivity index (χ4n) is 3.33. The minimum absolute atomic E-state index is 0.208. The molecule has 26 heavy (non-hydrogen) atoms. The largest absolute Gasteiger partial charge is 0.437 e. The van der Waals surface area contributed by atoms with E-state index < -0.39 is 0 Å². The van der Waals surface area contributed by atoms with E-state index in [1.54, 1.807) is 24.5 Å². The molecule has 0 N–H and O–H groups in total. The molecular formula is C19H20FN5O. The van der Waals surface area contributed by atoms with E-state index in [2.05, 4.69) is 20.0 Å². The summed E-state index contributed by atoms with van der Waals surface area (Å²) in [5, 5.41) is 4.24. The van der Waals surface area contributed by atoms with Crippen molar-refractivity contribution < 1.29 is 9.13 Å². The Morgan fingerprint density at radius 3 is 2.81 bits per heavy atom. The summed E-state index contributed by atoms with van der Waals surface area (Å²) in [7, 11) is 1.92. The molecule has 3 aromatic rings. The van der Waals surface area contributed by atoms with Crippen molar-refractivity contribution >= 4 is 0 Å². The highest BCUT2D eigenvalue weighted by molar-refractivity contribution is 5.27. The molecule has 0 spiro atoms. The number of aryl methyl sites for hydroxylation is 1. The highest BCUT2D eigenvalue weighted by Gasteiger charge is 2.28. The van der Waals surface area contributed by atoms with Gasteiger partial charge in [0, 0.05) is 25.4 Å². The lowest BCUT2D eigenvalue weighted by Crippen LogP contribution is -2.23. The van der Waals surface area contributed by atoms with E-state index in [1.165, 1.54) is 17.7 Å². The summed E-state index contributed by atoms with van der Waals surface area (Å²) in [6, 6.07) is 6.08. The number of halogens is 1. The molecule has 0 saturated carbocycles. The Bertz CT molecular complexity index is 880. The predicted octanol–water partition coefficient (Wildman–Crippen LogP) is 3.48. The minimum atomic E-state index is -0.297. The number of ether oxygens (including phenoxy) is 1. The monoisotopic (exact) mass is 353 g/mol. The molecule has 1 aromatic carbocycles. The zero-order valence-electron chi connectivity index (χ0n) is 14.5. The molecule has 7 heteroatoms. The first kappa shape index (κ1) is 16.7. The number of likely N-dealkylation sites (tertiary alicyclic amines) is 1. The molecule has 1 atom stereocenters. The van der Waals surface area contributed by atoms with Crippen LogP contribution in [0.5, 0.6) is 11.6 Å². The second-order valence-electron chi connectivity index (χ2n) is 6.49. The second kappa shape index (κ2) is 7.21. The van der Waals surface area contributed by atoms with Gasteiger partial charge in [-0.15, -0.1) is 0 Å². The summed E-state index contributed by atoms with van der Waals surface area (Å²) >= 11 is 0. The number of benzene rings is 1. The molecule has 1 saturated heterocycles. The van der Waals surface area contributed by atoms with E-state index in [9.17, 15) is 4.39 Å². The van der Waals surface area contributed by atoms with Crippen LogP contribution in [0.3, 0.4) is 0 Å². The Hall–Kier alpha value is -2.80. The molecule has 0 radical (unpaired) electrons. The van der Waals surface area contributed by atoms with E-state index in [4.69, 9.17) is 4.74 Å². The van der Waals surface area contributed by atoms with E-state index in [0.29, 0.717) is 11.6 Å². The van der Waals surface area contributed by atoms with Gasteiger partial charge >= 0.3 is 0 Å². The Morgan fingerprint density at radius 2 is 2.04 bits per heavy atom. The molecule has 1 aliphatic rings. The number of nitrogens with zero attached hydrogens (tertiary/aromatic N) is 5. The topological polar surface area (TPSA) is 56.1 Å². The third-order valence-corrected chi connectivity index (χ3v) is 4.52. The van der Waals surface area contributed by atoms with E-state index in [0.717, 1.165) is 31.6 Å². The molecule has 0 unspecified atom stereocenters. The van der Waals surface area contributed by atoms with Gasteiger partial charge in [0.1, 0.15) is 11.6 Å². The molecule has 4 rings (SSSR count). The second-order valence-corrected chi connectivity index (χ2v) is 6.49. The lowest BCUT2D eigenvalue weighted by Gasteiger charge is -2.23. The highest BCUT2D eigenvalue weighted by Crippen LogP contribution is 2.32. The highest BCUT2D eigenvalue weighted by atomic mass is 19.1. The van der Waals surface area contributed by atoms with Crippen LogP contribution in [0.1, 0.15) is 30.1 Å². The van der Waals surface area contributed by atoms with Crippen molar-refractivity contribution in [1.82, 2.24) is 24.6 Å². The SMILES string of the molecule is Cn1cc(CN2CCC[C@H]2c2cncc(Oc3ccc(F)cc3)n2)cn1. The summed E-state index contributed by atoms with van der Waals surface area (Å²) in [5.74, 6) is 0.660. The maximum absolute atomic E-state index is 13.0. The summed E-state index contributed by atoms with van der Waals surface area (Å²) < 4.78 is 20.6. The first-order valence-corrected chi connectivity index (χ1v) is 8.64. The lowest BCUT2D eigenvalue weighted by atomic mass is 10.1. The van der Waals surface area contributed by atoms with E-state index in [1.807, 2.05) is 24.1 Å².